The van der Waals surface area contributed by atoms with Gasteiger partial charge in [-0.2, -0.15) is 0 Å². The zero-order chi connectivity index (χ0) is 31.6. The molecule has 0 aromatic carbocycles. The Bertz CT molecular complexity index is 555. The molecular formula is C36H70O4S3. The number of unbranched alkanes of at least 4 members (excludes halogenated alkanes) is 20. The maximum absolute atomic E-state index is 10.7. The fraction of sp³-hybridized carbons (Fsp3) is 0.944. The van der Waals surface area contributed by atoms with Crippen LogP contribution in [0.1, 0.15) is 206 Å². The van der Waals surface area contributed by atoms with Gasteiger partial charge in [-0.3, -0.25) is 9.59 Å². The second-order valence-corrected chi connectivity index (χ2v) is 17.4. The van der Waals surface area contributed by atoms with Crippen molar-refractivity contribution in [1.29, 1.82) is 0 Å². The van der Waals surface area contributed by atoms with Gasteiger partial charge in [-0.05, 0) is 48.4 Å². The topological polar surface area (TPSA) is 74.6 Å². The van der Waals surface area contributed by atoms with Crippen molar-refractivity contribution in [2.75, 3.05) is 0 Å². The fourth-order valence-electron chi connectivity index (χ4n) is 5.63. The highest BCUT2D eigenvalue weighted by atomic mass is 33.5. The first kappa shape index (κ1) is 43.0. The number of hydrogen-bond donors (Lipinski definition) is 2. The zero-order valence-corrected chi connectivity index (χ0v) is 30.8. The average Bonchev–Trinajstić information content (AvgIpc) is 2.98. The molecule has 0 saturated heterocycles. The van der Waals surface area contributed by atoms with Gasteiger partial charge >= 0.3 is 11.9 Å². The Kier molecular flexibility index (Phi) is 34.8. The molecule has 0 heterocycles. The third-order valence-electron chi connectivity index (χ3n) is 8.44. The molecule has 0 radical (unpaired) electrons. The van der Waals surface area contributed by atoms with Crippen LogP contribution in [0.5, 0.6) is 0 Å². The first-order chi connectivity index (χ1) is 21.0. The minimum atomic E-state index is -0.663. The minimum absolute atomic E-state index is 0.320. The van der Waals surface area contributed by atoms with Crippen LogP contribution in [0.25, 0.3) is 0 Å². The molecule has 0 fully saturated rings. The van der Waals surface area contributed by atoms with Gasteiger partial charge in [0.2, 0.25) is 0 Å². The molecule has 2 atom stereocenters. The Labute approximate surface area is 279 Å². The molecule has 2 N–H and O–H groups in total. The van der Waals surface area contributed by atoms with E-state index in [-0.39, 0.29) is 0 Å². The van der Waals surface area contributed by atoms with Crippen LogP contribution in [0.2, 0.25) is 0 Å². The largest absolute Gasteiger partial charge is 0.481 e. The van der Waals surface area contributed by atoms with Gasteiger partial charge in [0, 0.05) is 23.3 Å². The first-order valence-corrected chi connectivity index (χ1v) is 22.0. The summed E-state index contributed by atoms with van der Waals surface area (Å²) in [6, 6.07) is 0. The Morgan fingerprint density at radius 2 is 0.674 bits per heavy atom. The molecule has 0 rings (SSSR count). The van der Waals surface area contributed by atoms with Crippen molar-refractivity contribution in [3.63, 3.8) is 0 Å². The van der Waals surface area contributed by atoms with Crippen molar-refractivity contribution in [2.45, 2.75) is 217 Å². The summed E-state index contributed by atoms with van der Waals surface area (Å²) in [5.74, 6) is -1.33. The summed E-state index contributed by atoms with van der Waals surface area (Å²) in [6.07, 6.45) is 36.3. The van der Waals surface area contributed by atoms with Crippen LogP contribution in [0.4, 0.5) is 0 Å². The van der Waals surface area contributed by atoms with Crippen molar-refractivity contribution in [3.05, 3.63) is 0 Å². The number of carbonyl (C=O) groups is 2. The van der Waals surface area contributed by atoms with Gasteiger partial charge in [0.15, 0.2) is 0 Å². The van der Waals surface area contributed by atoms with E-state index in [0.717, 1.165) is 36.2 Å². The summed E-state index contributed by atoms with van der Waals surface area (Å²) < 4.78 is 0. The van der Waals surface area contributed by atoms with E-state index in [1.165, 1.54) is 154 Å². The summed E-state index contributed by atoms with van der Waals surface area (Å²) in [5.41, 5.74) is 0. The molecule has 43 heavy (non-hydrogen) atoms. The Morgan fingerprint density at radius 1 is 0.419 bits per heavy atom. The standard InChI is InChI=1S/C36H70O4S3/c1-3-5-7-9-15-21-27-33(29-23-17-11-13-19-25-31-35(37)38)41-43-42-34(28-22-16-10-8-6-4-2)30-24-18-12-14-20-26-32-36(39)40/h33-34H,3-32H2,1-2H3,(H,37,38)(H,39,40). The Hall–Kier alpha value is -0.0100. The first-order valence-electron chi connectivity index (χ1n) is 18.4. The summed E-state index contributed by atoms with van der Waals surface area (Å²) in [4.78, 5) is 21.4. The maximum Gasteiger partial charge on any atom is 0.303 e. The number of hydrogen-bond acceptors (Lipinski definition) is 5. The van der Waals surface area contributed by atoms with Gasteiger partial charge < -0.3 is 10.2 Å². The number of carboxylic acid groups (broad SMARTS) is 2. The van der Waals surface area contributed by atoms with Crippen molar-refractivity contribution in [2.24, 2.45) is 0 Å². The Balaban J connectivity index is 4.52. The molecule has 0 aromatic heterocycles. The molecule has 7 heteroatoms. The smallest absolute Gasteiger partial charge is 0.303 e. The quantitative estimate of drug-likeness (QED) is 0.0511. The van der Waals surface area contributed by atoms with Crippen LogP contribution < -0.4 is 0 Å². The van der Waals surface area contributed by atoms with Crippen LogP contribution >= 0.6 is 31.4 Å². The van der Waals surface area contributed by atoms with Gasteiger partial charge in [0.1, 0.15) is 0 Å². The van der Waals surface area contributed by atoms with Crippen molar-refractivity contribution >= 4 is 43.4 Å². The summed E-state index contributed by atoms with van der Waals surface area (Å²) in [7, 11) is 6.42. The van der Waals surface area contributed by atoms with Crippen molar-refractivity contribution in [3.8, 4) is 0 Å². The molecule has 4 nitrogen and oxygen atoms in total. The minimum Gasteiger partial charge on any atom is -0.481 e. The van der Waals surface area contributed by atoms with Crippen molar-refractivity contribution in [1.82, 2.24) is 0 Å². The molecule has 0 aliphatic rings. The van der Waals surface area contributed by atoms with Crippen LogP contribution in [0, 0.1) is 0 Å². The van der Waals surface area contributed by atoms with Gasteiger partial charge in [-0.15, -0.1) is 0 Å². The third-order valence-corrected chi connectivity index (χ3v) is 13.6. The molecule has 256 valence electrons. The normalized spacial score (nSPS) is 12.9. The summed E-state index contributed by atoms with van der Waals surface area (Å²) >= 11 is 0. The highest BCUT2D eigenvalue weighted by Gasteiger charge is 2.15. The summed E-state index contributed by atoms with van der Waals surface area (Å²) in [5, 5.41) is 19.2. The monoisotopic (exact) mass is 662 g/mol. The summed E-state index contributed by atoms with van der Waals surface area (Å²) in [6.45, 7) is 4.58. The molecule has 0 aliphatic carbocycles. The van der Waals surface area contributed by atoms with E-state index in [4.69, 9.17) is 10.2 Å². The molecular weight excluding hydrogens is 593 g/mol. The van der Waals surface area contributed by atoms with Gasteiger partial charge in [0.05, 0.1) is 0 Å². The highest BCUT2D eigenvalue weighted by molar-refractivity contribution is 9.09. The SMILES string of the molecule is CCCCCCCCC(CCCCCCCCC(=O)O)SSSC(CCCCCCCC)CCCCCCCCC(=O)O. The highest BCUT2D eigenvalue weighted by Crippen LogP contribution is 2.45. The number of rotatable bonds is 36. The van der Waals surface area contributed by atoms with E-state index in [1.54, 1.807) is 0 Å². The second-order valence-electron chi connectivity index (χ2n) is 12.7. The van der Waals surface area contributed by atoms with Gasteiger partial charge in [0.25, 0.3) is 0 Å². The molecule has 2 unspecified atom stereocenters. The van der Waals surface area contributed by atoms with Crippen LogP contribution in [0.3, 0.4) is 0 Å². The van der Waals surface area contributed by atoms with Crippen LogP contribution in [-0.4, -0.2) is 32.7 Å². The molecule has 0 aliphatic heterocycles. The van der Waals surface area contributed by atoms with E-state index in [2.05, 4.69) is 45.3 Å². The van der Waals surface area contributed by atoms with E-state index in [9.17, 15) is 9.59 Å². The third kappa shape index (κ3) is 34.7. The average molecular weight is 663 g/mol. The van der Waals surface area contributed by atoms with Gasteiger partial charge in [-0.25, -0.2) is 0 Å². The molecule has 0 bridgehead atoms. The van der Waals surface area contributed by atoms with E-state index in [1.807, 2.05) is 0 Å². The lowest BCUT2D eigenvalue weighted by atomic mass is 10.0. The maximum atomic E-state index is 10.7. The number of carboxylic acids is 2. The predicted octanol–water partition coefficient (Wildman–Crippen LogP) is 13.7. The second kappa shape index (κ2) is 34.9. The van der Waals surface area contributed by atoms with Crippen molar-refractivity contribution < 1.29 is 19.8 Å². The fourth-order valence-corrected chi connectivity index (χ4v) is 11.3. The Morgan fingerprint density at radius 3 is 0.953 bits per heavy atom. The van der Waals surface area contributed by atoms with Gasteiger partial charge in [-0.1, -0.05) is 177 Å². The molecule has 0 saturated carbocycles. The lowest BCUT2D eigenvalue weighted by molar-refractivity contribution is -0.138. The number of aliphatic carboxylic acids is 2. The zero-order valence-electron chi connectivity index (χ0n) is 28.3. The lowest BCUT2D eigenvalue weighted by Crippen LogP contribution is -2.03. The lowest BCUT2D eigenvalue weighted by Gasteiger charge is -2.19. The van der Waals surface area contributed by atoms with E-state index >= 15 is 0 Å². The van der Waals surface area contributed by atoms with E-state index < -0.39 is 11.9 Å². The van der Waals surface area contributed by atoms with E-state index in [0.29, 0.717) is 12.8 Å². The molecule has 0 spiro atoms. The van der Waals surface area contributed by atoms with Crippen LogP contribution in [0.15, 0.2) is 0 Å². The molecule has 0 amide bonds. The predicted molar refractivity (Wildman–Crippen MR) is 195 cm³/mol. The van der Waals surface area contributed by atoms with Crippen LogP contribution in [-0.2, 0) is 9.59 Å². The molecule has 0 aromatic rings.